The summed E-state index contributed by atoms with van der Waals surface area (Å²) in [7, 11) is 0. The Balaban J connectivity index is 1.62. The molecular weight excluding hydrogens is 317 g/mol. The molecule has 1 aliphatic rings. The molecule has 1 saturated heterocycles. The zero-order valence-corrected chi connectivity index (χ0v) is 14.1. The summed E-state index contributed by atoms with van der Waals surface area (Å²) >= 11 is 0. The fourth-order valence-electron chi connectivity index (χ4n) is 2.60. The van der Waals surface area contributed by atoms with Gasteiger partial charge in [-0.25, -0.2) is 4.39 Å². The molecule has 25 heavy (non-hydrogen) atoms. The number of amides is 1. The maximum atomic E-state index is 13.5. The van der Waals surface area contributed by atoms with E-state index in [9.17, 15) is 9.18 Å². The van der Waals surface area contributed by atoms with Gasteiger partial charge in [-0.05, 0) is 42.8 Å². The van der Waals surface area contributed by atoms with Crippen LogP contribution in [0, 0.1) is 23.1 Å². The van der Waals surface area contributed by atoms with Crippen molar-refractivity contribution in [3.63, 3.8) is 0 Å². The van der Waals surface area contributed by atoms with Crippen molar-refractivity contribution in [3.8, 4) is 11.8 Å². The van der Waals surface area contributed by atoms with Gasteiger partial charge in [0, 0.05) is 23.1 Å². The molecule has 1 N–H and O–H groups in total. The summed E-state index contributed by atoms with van der Waals surface area (Å²) in [5, 5.41) is 2.97. The minimum atomic E-state index is -0.337. The molecule has 2 aromatic carbocycles. The third-order valence-electron chi connectivity index (χ3n) is 4.55. The lowest BCUT2D eigenvalue weighted by Gasteiger charge is -2.40. The standard InChI is InChI=1S/C21H20FNO2/c1-2-21(14-25-15-21)13-23-20(24)18-11-8-16(9-12-18)7-10-17-5-3-4-6-19(17)22/h3-6,8-9,11-12H,2,13-15H2,1H3,(H,23,24). The third kappa shape index (κ3) is 4.07. The van der Waals surface area contributed by atoms with Crippen molar-refractivity contribution < 1.29 is 13.9 Å². The van der Waals surface area contributed by atoms with Crippen LogP contribution in [0.5, 0.6) is 0 Å². The topological polar surface area (TPSA) is 38.3 Å². The molecule has 0 saturated carbocycles. The van der Waals surface area contributed by atoms with E-state index < -0.39 is 0 Å². The average molecular weight is 337 g/mol. The van der Waals surface area contributed by atoms with E-state index in [2.05, 4.69) is 24.1 Å². The Labute approximate surface area is 147 Å². The summed E-state index contributed by atoms with van der Waals surface area (Å²) in [5.41, 5.74) is 1.76. The van der Waals surface area contributed by atoms with Crippen molar-refractivity contribution in [2.45, 2.75) is 13.3 Å². The van der Waals surface area contributed by atoms with E-state index in [4.69, 9.17) is 4.74 Å². The molecule has 0 aromatic heterocycles. The largest absolute Gasteiger partial charge is 0.380 e. The smallest absolute Gasteiger partial charge is 0.251 e. The third-order valence-corrected chi connectivity index (χ3v) is 4.55. The molecule has 1 aliphatic heterocycles. The van der Waals surface area contributed by atoms with Gasteiger partial charge in [0.15, 0.2) is 0 Å². The van der Waals surface area contributed by atoms with Crippen LogP contribution in [0.2, 0.25) is 0 Å². The summed E-state index contributed by atoms with van der Waals surface area (Å²) in [6.07, 6.45) is 0.984. The predicted molar refractivity (Wildman–Crippen MR) is 94.7 cm³/mol. The van der Waals surface area contributed by atoms with Crippen LogP contribution < -0.4 is 5.32 Å². The quantitative estimate of drug-likeness (QED) is 0.869. The van der Waals surface area contributed by atoms with E-state index in [1.165, 1.54) is 6.07 Å². The summed E-state index contributed by atoms with van der Waals surface area (Å²) < 4.78 is 18.8. The maximum Gasteiger partial charge on any atom is 0.251 e. The molecule has 2 aromatic rings. The Morgan fingerprint density at radius 2 is 1.88 bits per heavy atom. The van der Waals surface area contributed by atoms with Gasteiger partial charge in [0.05, 0.1) is 18.8 Å². The van der Waals surface area contributed by atoms with Crippen molar-refractivity contribution in [2.24, 2.45) is 5.41 Å². The van der Waals surface area contributed by atoms with Gasteiger partial charge in [0.1, 0.15) is 5.82 Å². The van der Waals surface area contributed by atoms with Crippen LogP contribution in [0.4, 0.5) is 4.39 Å². The van der Waals surface area contributed by atoms with Crippen LogP contribution in [0.3, 0.4) is 0 Å². The van der Waals surface area contributed by atoms with Gasteiger partial charge in [-0.1, -0.05) is 30.9 Å². The van der Waals surface area contributed by atoms with Gasteiger partial charge in [0.2, 0.25) is 0 Å². The van der Waals surface area contributed by atoms with Crippen molar-refractivity contribution in [2.75, 3.05) is 19.8 Å². The first kappa shape index (κ1) is 17.2. The maximum absolute atomic E-state index is 13.5. The highest BCUT2D eigenvalue weighted by Gasteiger charge is 2.36. The molecule has 0 bridgehead atoms. The second-order valence-electron chi connectivity index (χ2n) is 6.34. The first-order valence-electron chi connectivity index (χ1n) is 8.34. The minimum absolute atomic E-state index is 0.0842. The van der Waals surface area contributed by atoms with Crippen molar-refractivity contribution in [1.82, 2.24) is 5.32 Å². The zero-order valence-electron chi connectivity index (χ0n) is 14.1. The Bertz CT molecular complexity index is 808. The van der Waals surface area contributed by atoms with Gasteiger partial charge in [-0.3, -0.25) is 4.79 Å². The van der Waals surface area contributed by atoms with E-state index in [0.29, 0.717) is 30.9 Å². The highest BCUT2D eigenvalue weighted by molar-refractivity contribution is 5.94. The van der Waals surface area contributed by atoms with Gasteiger partial charge in [-0.2, -0.15) is 0 Å². The lowest BCUT2D eigenvalue weighted by Crippen LogP contribution is -2.50. The molecule has 128 valence electrons. The molecule has 1 heterocycles. The fraction of sp³-hybridized carbons (Fsp3) is 0.286. The van der Waals surface area contributed by atoms with Crippen LogP contribution in [0.15, 0.2) is 48.5 Å². The normalized spacial score (nSPS) is 14.8. The zero-order chi connectivity index (χ0) is 17.7. The number of carbonyl (C=O) groups excluding carboxylic acids is 1. The van der Waals surface area contributed by atoms with Gasteiger partial charge < -0.3 is 10.1 Å². The molecule has 0 unspecified atom stereocenters. The Morgan fingerprint density at radius 1 is 1.16 bits per heavy atom. The molecule has 3 rings (SSSR count). The number of nitrogens with one attached hydrogen (secondary N) is 1. The molecule has 3 nitrogen and oxygen atoms in total. The molecule has 4 heteroatoms. The highest BCUT2D eigenvalue weighted by atomic mass is 19.1. The van der Waals surface area contributed by atoms with Gasteiger partial charge >= 0.3 is 0 Å². The molecule has 1 fully saturated rings. The monoisotopic (exact) mass is 337 g/mol. The van der Waals surface area contributed by atoms with Crippen LogP contribution in [-0.4, -0.2) is 25.7 Å². The summed E-state index contributed by atoms with van der Waals surface area (Å²) in [6, 6.07) is 13.4. The second-order valence-corrected chi connectivity index (χ2v) is 6.34. The summed E-state index contributed by atoms with van der Waals surface area (Å²) in [6.45, 7) is 4.14. The van der Waals surface area contributed by atoms with Gasteiger partial charge in [-0.15, -0.1) is 0 Å². The second kappa shape index (κ2) is 7.50. The molecule has 0 radical (unpaired) electrons. The van der Waals surface area contributed by atoms with Crippen molar-refractivity contribution >= 4 is 5.91 Å². The number of carbonyl (C=O) groups is 1. The number of halogens is 1. The summed E-state index contributed by atoms with van der Waals surface area (Å²) in [5.74, 6) is 5.28. The number of hydrogen-bond donors (Lipinski definition) is 1. The SMILES string of the molecule is CCC1(CNC(=O)c2ccc(C#Cc3ccccc3F)cc2)COC1. The summed E-state index contributed by atoms with van der Waals surface area (Å²) in [4.78, 5) is 12.2. The Morgan fingerprint density at radius 3 is 2.48 bits per heavy atom. The Hall–Kier alpha value is -2.64. The molecule has 0 aliphatic carbocycles. The van der Waals surface area contributed by atoms with Gasteiger partial charge in [0.25, 0.3) is 5.91 Å². The van der Waals surface area contributed by atoms with E-state index in [1.807, 2.05) is 0 Å². The fourth-order valence-corrected chi connectivity index (χ4v) is 2.60. The number of benzene rings is 2. The predicted octanol–water partition coefficient (Wildman–Crippen LogP) is 3.38. The number of rotatable bonds is 4. The Kier molecular flexibility index (Phi) is 5.16. The van der Waals surface area contributed by atoms with Crippen LogP contribution in [-0.2, 0) is 4.74 Å². The van der Waals surface area contributed by atoms with Crippen molar-refractivity contribution in [1.29, 1.82) is 0 Å². The average Bonchev–Trinajstić information content (AvgIpc) is 2.61. The lowest BCUT2D eigenvalue weighted by atomic mass is 9.83. The highest BCUT2D eigenvalue weighted by Crippen LogP contribution is 2.30. The molecular formula is C21H20FNO2. The van der Waals surface area contributed by atoms with E-state index in [-0.39, 0.29) is 17.1 Å². The first-order valence-corrected chi connectivity index (χ1v) is 8.34. The minimum Gasteiger partial charge on any atom is -0.380 e. The van der Waals surface area contributed by atoms with E-state index in [0.717, 1.165) is 12.0 Å². The number of hydrogen-bond acceptors (Lipinski definition) is 2. The van der Waals surface area contributed by atoms with Crippen LogP contribution >= 0.6 is 0 Å². The van der Waals surface area contributed by atoms with E-state index in [1.54, 1.807) is 42.5 Å². The van der Waals surface area contributed by atoms with Crippen LogP contribution in [0.1, 0.15) is 34.8 Å². The van der Waals surface area contributed by atoms with Crippen LogP contribution in [0.25, 0.3) is 0 Å². The number of ether oxygens (including phenoxy) is 1. The van der Waals surface area contributed by atoms with E-state index >= 15 is 0 Å². The molecule has 1 amide bonds. The first-order chi connectivity index (χ1) is 12.1. The molecule has 0 atom stereocenters. The molecule has 0 spiro atoms. The lowest BCUT2D eigenvalue weighted by molar-refractivity contribution is -0.111. The van der Waals surface area contributed by atoms with Crippen molar-refractivity contribution in [3.05, 3.63) is 71.0 Å².